The Kier molecular flexibility index (Phi) is 1.99. The largest absolute Gasteiger partial charge is 0.385 e. The van der Waals surface area contributed by atoms with Gasteiger partial charge in [-0.3, -0.25) is 0 Å². The van der Waals surface area contributed by atoms with Gasteiger partial charge in [-0.2, -0.15) is 9.78 Å². The van der Waals surface area contributed by atoms with E-state index in [4.69, 9.17) is 5.73 Å². The monoisotopic (exact) mass is 197 g/mol. The number of thioether (sulfide) groups is 1. The molecule has 1 aromatic rings. The van der Waals surface area contributed by atoms with Crippen LogP contribution in [0.25, 0.3) is 0 Å². The Hall–Kier alpha value is -1.04. The third-order valence-corrected chi connectivity index (χ3v) is 2.68. The van der Waals surface area contributed by atoms with Crippen LogP contribution in [0.3, 0.4) is 0 Å². The number of rotatable bonds is 1. The minimum atomic E-state index is 0.316. The second-order valence-corrected chi connectivity index (χ2v) is 4.13. The minimum absolute atomic E-state index is 0.316. The summed E-state index contributed by atoms with van der Waals surface area (Å²) in [7, 11) is 0. The second kappa shape index (κ2) is 3.02. The van der Waals surface area contributed by atoms with Gasteiger partial charge in [0, 0.05) is 5.92 Å². The summed E-state index contributed by atoms with van der Waals surface area (Å²) in [5.41, 5.74) is 5.63. The summed E-state index contributed by atoms with van der Waals surface area (Å²) in [6.07, 6.45) is 0. The van der Waals surface area contributed by atoms with Crippen LogP contribution in [0.15, 0.2) is 10.3 Å². The molecule has 1 aromatic heterocycles. The summed E-state index contributed by atoms with van der Waals surface area (Å²) in [5, 5.41) is 13.1. The van der Waals surface area contributed by atoms with Crippen molar-refractivity contribution in [2.75, 3.05) is 5.75 Å². The average Bonchev–Trinajstić information content (AvgIpc) is 2.46. The van der Waals surface area contributed by atoms with Crippen molar-refractivity contribution in [2.24, 2.45) is 10.8 Å². The Morgan fingerprint density at radius 1 is 1.46 bits per heavy atom. The van der Waals surface area contributed by atoms with Gasteiger partial charge in [-0.1, -0.05) is 25.6 Å². The molecule has 0 unspecified atom stereocenters. The van der Waals surface area contributed by atoms with Gasteiger partial charge >= 0.3 is 0 Å². The van der Waals surface area contributed by atoms with Crippen molar-refractivity contribution >= 4 is 17.6 Å². The molecule has 0 fully saturated rings. The molecule has 1 aliphatic heterocycles. The van der Waals surface area contributed by atoms with E-state index < -0.39 is 0 Å². The van der Waals surface area contributed by atoms with E-state index in [0.29, 0.717) is 17.5 Å². The quantitative estimate of drug-likeness (QED) is 0.716. The first-order valence-corrected chi connectivity index (χ1v) is 5.08. The van der Waals surface area contributed by atoms with E-state index in [0.717, 1.165) is 11.0 Å². The third-order valence-electron chi connectivity index (χ3n) is 1.73. The predicted octanol–water partition coefficient (Wildman–Crippen LogP) is 0.628. The normalized spacial score (nSPS) is 15.8. The van der Waals surface area contributed by atoms with Gasteiger partial charge in [-0.15, -0.1) is 10.2 Å². The number of aromatic nitrogens is 3. The van der Waals surface area contributed by atoms with Crippen LogP contribution >= 0.6 is 11.8 Å². The molecule has 1 aliphatic rings. The number of hydrogen-bond acceptors (Lipinski definition) is 5. The molecule has 0 spiro atoms. The summed E-state index contributed by atoms with van der Waals surface area (Å²) in [4.78, 5) is 0. The maximum atomic E-state index is 5.63. The van der Waals surface area contributed by atoms with Crippen molar-refractivity contribution in [3.8, 4) is 0 Å². The van der Waals surface area contributed by atoms with E-state index in [1.807, 2.05) is 0 Å². The third kappa shape index (κ3) is 1.41. The van der Waals surface area contributed by atoms with Crippen molar-refractivity contribution in [3.05, 3.63) is 5.82 Å². The fourth-order valence-corrected chi connectivity index (χ4v) is 1.81. The Labute approximate surface area is 80.4 Å². The Morgan fingerprint density at radius 3 is 2.92 bits per heavy atom. The van der Waals surface area contributed by atoms with Crippen LogP contribution in [-0.2, 0) is 0 Å². The minimum Gasteiger partial charge on any atom is -0.385 e. The molecular formula is C7H11N5S. The lowest BCUT2D eigenvalue weighted by atomic mass is 10.2. The first kappa shape index (κ1) is 8.55. The molecule has 5 nitrogen and oxygen atoms in total. The molecule has 0 aromatic carbocycles. The smallest absolute Gasteiger partial charge is 0.212 e. The van der Waals surface area contributed by atoms with Gasteiger partial charge in [-0.05, 0) is 0 Å². The van der Waals surface area contributed by atoms with Gasteiger partial charge in [0.25, 0.3) is 0 Å². The van der Waals surface area contributed by atoms with E-state index in [1.54, 1.807) is 16.4 Å². The second-order valence-electron chi connectivity index (χ2n) is 3.19. The van der Waals surface area contributed by atoms with Crippen LogP contribution in [-0.4, -0.2) is 26.5 Å². The van der Waals surface area contributed by atoms with Crippen LogP contribution in [0.4, 0.5) is 0 Å². The van der Waals surface area contributed by atoms with Crippen molar-refractivity contribution in [3.63, 3.8) is 0 Å². The molecule has 2 rings (SSSR count). The maximum absolute atomic E-state index is 5.63. The number of amidine groups is 1. The van der Waals surface area contributed by atoms with Gasteiger partial charge in [0.2, 0.25) is 5.16 Å². The Morgan fingerprint density at radius 2 is 2.23 bits per heavy atom. The number of fused-ring (bicyclic) bond motifs is 1. The van der Waals surface area contributed by atoms with Crippen LogP contribution in [0, 0.1) is 0 Å². The van der Waals surface area contributed by atoms with E-state index >= 15 is 0 Å². The molecule has 0 bridgehead atoms. The maximum Gasteiger partial charge on any atom is 0.212 e. The molecule has 13 heavy (non-hydrogen) atoms. The highest BCUT2D eigenvalue weighted by Crippen LogP contribution is 2.23. The van der Waals surface area contributed by atoms with Crippen LogP contribution in [0.5, 0.6) is 0 Å². The van der Waals surface area contributed by atoms with Gasteiger partial charge in [0.05, 0.1) is 5.75 Å². The topological polar surface area (TPSA) is 69.1 Å². The van der Waals surface area contributed by atoms with Gasteiger partial charge < -0.3 is 5.73 Å². The lowest BCUT2D eigenvalue weighted by molar-refractivity contribution is 0.661. The first-order valence-electron chi connectivity index (χ1n) is 4.10. The molecule has 0 saturated carbocycles. The summed E-state index contributed by atoms with van der Waals surface area (Å²) < 4.78 is 1.73. The molecule has 6 heteroatoms. The lowest BCUT2D eigenvalue weighted by Gasteiger charge is -2.11. The molecule has 0 atom stereocenters. The molecular weight excluding hydrogens is 186 g/mol. The van der Waals surface area contributed by atoms with Crippen LogP contribution < -0.4 is 5.73 Å². The van der Waals surface area contributed by atoms with E-state index in [2.05, 4.69) is 29.1 Å². The molecule has 0 radical (unpaired) electrons. The molecule has 0 saturated heterocycles. The van der Waals surface area contributed by atoms with E-state index in [9.17, 15) is 0 Å². The average molecular weight is 197 g/mol. The molecule has 0 aliphatic carbocycles. The van der Waals surface area contributed by atoms with E-state index in [1.165, 1.54) is 0 Å². The SMILES string of the molecule is CC(C)c1nnc2n1N=C(N)CS2. The predicted molar refractivity (Wildman–Crippen MR) is 51.9 cm³/mol. The van der Waals surface area contributed by atoms with Gasteiger partial charge in [0.15, 0.2) is 5.82 Å². The zero-order valence-electron chi connectivity index (χ0n) is 7.56. The highest BCUT2D eigenvalue weighted by Gasteiger charge is 2.18. The Bertz CT molecular complexity index is 354. The highest BCUT2D eigenvalue weighted by atomic mass is 32.2. The molecule has 2 heterocycles. The number of hydrogen-bond donors (Lipinski definition) is 1. The van der Waals surface area contributed by atoms with Gasteiger partial charge in [-0.25, -0.2) is 0 Å². The summed E-state index contributed by atoms with van der Waals surface area (Å²) >= 11 is 1.57. The molecule has 70 valence electrons. The van der Waals surface area contributed by atoms with Crippen molar-refractivity contribution in [1.29, 1.82) is 0 Å². The first-order chi connectivity index (χ1) is 6.18. The van der Waals surface area contributed by atoms with Crippen molar-refractivity contribution in [2.45, 2.75) is 24.9 Å². The molecule has 0 amide bonds. The van der Waals surface area contributed by atoms with Crippen LogP contribution in [0.1, 0.15) is 25.6 Å². The fourth-order valence-electron chi connectivity index (χ4n) is 1.12. The zero-order valence-corrected chi connectivity index (χ0v) is 8.38. The standard InChI is InChI=1S/C7H11N5S/c1-4(2)6-9-10-7-12(6)11-5(8)3-13-7/h4H,3H2,1-2H3,(H2,8,11). The molecule has 2 N–H and O–H groups in total. The van der Waals surface area contributed by atoms with E-state index in [-0.39, 0.29) is 0 Å². The lowest BCUT2D eigenvalue weighted by Crippen LogP contribution is -2.21. The van der Waals surface area contributed by atoms with Gasteiger partial charge in [0.1, 0.15) is 5.84 Å². The Balaban J connectivity index is 2.49. The zero-order chi connectivity index (χ0) is 9.42. The summed E-state index contributed by atoms with van der Waals surface area (Å²) in [5.74, 6) is 2.51. The van der Waals surface area contributed by atoms with Crippen molar-refractivity contribution in [1.82, 2.24) is 14.9 Å². The van der Waals surface area contributed by atoms with Crippen molar-refractivity contribution < 1.29 is 0 Å². The highest BCUT2D eigenvalue weighted by molar-refractivity contribution is 7.99. The summed E-state index contributed by atoms with van der Waals surface area (Å²) in [6.45, 7) is 4.12. The summed E-state index contributed by atoms with van der Waals surface area (Å²) in [6, 6.07) is 0. The fraction of sp³-hybridized carbons (Fsp3) is 0.571. The number of nitrogens with zero attached hydrogens (tertiary/aromatic N) is 4. The number of nitrogens with two attached hydrogens (primary N) is 1. The van der Waals surface area contributed by atoms with Crippen LogP contribution in [0.2, 0.25) is 0 Å².